The van der Waals surface area contributed by atoms with Gasteiger partial charge in [0.05, 0.1) is 11.3 Å². The number of benzene rings is 1. The van der Waals surface area contributed by atoms with E-state index in [0.29, 0.717) is 12.5 Å². The normalized spacial score (nSPS) is 18.0. The molecule has 1 unspecified atom stereocenters. The first-order valence-corrected chi connectivity index (χ1v) is 7.04. The maximum absolute atomic E-state index is 12.3. The molecule has 0 aromatic heterocycles. The zero-order valence-corrected chi connectivity index (χ0v) is 12.2. The number of nitrogens with one attached hydrogen (secondary N) is 1. The number of urea groups is 1. The van der Waals surface area contributed by atoms with Gasteiger partial charge in [-0.05, 0) is 37.0 Å². The molecule has 1 atom stereocenters. The summed E-state index contributed by atoms with van der Waals surface area (Å²) in [7, 11) is 0. The molecule has 21 heavy (non-hydrogen) atoms. The van der Waals surface area contributed by atoms with Gasteiger partial charge in [-0.2, -0.15) is 0 Å². The second kappa shape index (κ2) is 6.03. The number of phenols is 1. The number of aromatic hydroxyl groups is 1. The highest BCUT2D eigenvalue weighted by molar-refractivity contribution is 6.00. The summed E-state index contributed by atoms with van der Waals surface area (Å²) in [6.45, 7) is 4.81. The maximum atomic E-state index is 12.3. The molecule has 0 spiro atoms. The Labute approximate surface area is 123 Å². The van der Waals surface area contributed by atoms with Gasteiger partial charge in [0.15, 0.2) is 0 Å². The van der Waals surface area contributed by atoms with Crippen molar-refractivity contribution < 1.29 is 19.8 Å². The largest absolute Gasteiger partial charge is 0.508 e. The molecule has 6 nitrogen and oxygen atoms in total. The molecule has 6 heteroatoms. The number of nitrogens with zero attached hydrogens (tertiary/aromatic N) is 1. The predicted molar refractivity (Wildman–Crippen MR) is 78.7 cm³/mol. The van der Waals surface area contributed by atoms with Gasteiger partial charge in [-0.3, -0.25) is 0 Å². The highest BCUT2D eigenvalue weighted by Crippen LogP contribution is 2.26. The van der Waals surface area contributed by atoms with Crippen LogP contribution in [0.1, 0.15) is 37.0 Å². The number of likely N-dealkylation sites (tertiary alicyclic amines) is 1. The highest BCUT2D eigenvalue weighted by Gasteiger charge is 2.31. The smallest absolute Gasteiger partial charge is 0.337 e. The average Bonchev–Trinajstić information content (AvgIpc) is 2.90. The van der Waals surface area contributed by atoms with Gasteiger partial charge in [-0.25, -0.2) is 9.59 Å². The predicted octanol–water partition coefficient (Wildman–Crippen LogP) is 2.74. The summed E-state index contributed by atoms with van der Waals surface area (Å²) in [4.78, 5) is 25.3. The molecule has 2 rings (SSSR count). The van der Waals surface area contributed by atoms with Gasteiger partial charge in [0.2, 0.25) is 0 Å². The van der Waals surface area contributed by atoms with Crippen LogP contribution in [-0.2, 0) is 0 Å². The number of amides is 2. The van der Waals surface area contributed by atoms with Gasteiger partial charge in [0.25, 0.3) is 0 Å². The van der Waals surface area contributed by atoms with E-state index in [1.807, 2.05) is 0 Å². The van der Waals surface area contributed by atoms with Crippen molar-refractivity contribution in [3.63, 3.8) is 0 Å². The number of rotatable bonds is 3. The SMILES string of the molecule is CC(C)C1CCCN1C(=O)Nc1ccc(O)cc1C(=O)O. The molecule has 1 aromatic carbocycles. The fourth-order valence-corrected chi connectivity index (χ4v) is 2.74. The molecule has 3 N–H and O–H groups in total. The average molecular weight is 292 g/mol. The van der Waals surface area contributed by atoms with Gasteiger partial charge >= 0.3 is 12.0 Å². The van der Waals surface area contributed by atoms with Crippen LogP contribution in [0.25, 0.3) is 0 Å². The fraction of sp³-hybridized carbons (Fsp3) is 0.467. The molecule has 0 radical (unpaired) electrons. The minimum atomic E-state index is -1.19. The third-order valence-corrected chi connectivity index (χ3v) is 3.80. The van der Waals surface area contributed by atoms with Crippen LogP contribution < -0.4 is 5.32 Å². The monoisotopic (exact) mass is 292 g/mol. The molecular formula is C15H20N2O4. The lowest BCUT2D eigenvalue weighted by molar-refractivity contribution is 0.0697. The molecule has 2 amide bonds. The Morgan fingerprint density at radius 1 is 1.38 bits per heavy atom. The van der Waals surface area contributed by atoms with Crippen LogP contribution in [0.15, 0.2) is 18.2 Å². The second-order valence-electron chi connectivity index (χ2n) is 5.61. The summed E-state index contributed by atoms with van der Waals surface area (Å²) >= 11 is 0. The van der Waals surface area contributed by atoms with Crippen molar-refractivity contribution in [2.45, 2.75) is 32.7 Å². The van der Waals surface area contributed by atoms with Crippen molar-refractivity contribution in [1.82, 2.24) is 4.90 Å². The molecule has 0 aliphatic carbocycles. The number of aromatic carboxylic acids is 1. The van der Waals surface area contributed by atoms with Crippen LogP contribution in [-0.4, -0.2) is 39.7 Å². The first kappa shape index (κ1) is 15.2. The lowest BCUT2D eigenvalue weighted by atomic mass is 10.0. The van der Waals surface area contributed by atoms with E-state index in [1.54, 1.807) is 4.90 Å². The van der Waals surface area contributed by atoms with Gasteiger partial charge in [0.1, 0.15) is 5.75 Å². The number of carbonyl (C=O) groups is 2. The van der Waals surface area contributed by atoms with E-state index in [4.69, 9.17) is 5.11 Å². The number of phenolic OH excluding ortho intramolecular Hbond substituents is 1. The second-order valence-corrected chi connectivity index (χ2v) is 5.61. The first-order valence-electron chi connectivity index (χ1n) is 7.04. The van der Waals surface area contributed by atoms with Crippen LogP contribution in [0.4, 0.5) is 10.5 Å². The number of carbonyl (C=O) groups excluding carboxylic acids is 1. The molecule has 114 valence electrons. The van der Waals surface area contributed by atoms with E-state index < -0.39 is 5.97 Å². The Hall–Kier alpha value is -2.24. The summed E-state index contributed by atoms with van der Waals surface area (Å²) in [6, 6.07) is 3.76. The maximum Gasteiger partial charge on any atom is 0.337 e. The Bertz CT molecular complexity index is 557. The van der Waals surface area contributed by atoms with Crippen LogP contribution in [0, 0.1) is 5.92 Å². The summed E-state index contributed by atoms with van der Waals surface area (Å²) in [6.07, 6.45) is 1.92. The van der Waals surface area contributed by atoms with E-state index in [1.165, 1.54) is 12.1 Å². The van der Waals surface area contributed by atoms with Gasteiger partial charge in [0, 0.05) is 12.6 Å². The molecule has 1 fully saturated rings. The lowest BCUT2D eigenvalue weighted by Gasteiger charge is -2.28. The molecule has 0 saturated carbocycles. The van der Waals surface area contributed by atoms with E-state index in [9.17, 15) is 14.7 Å². The molecular weight excluding hydrogens is 272 g/mol. The zero-order valence-electron chi connectivity index (χ0n) is 12.2. The van der Waals surface area contributed by atoms with Gasteiger partial charge in [-0.15, -0.1) is 0 Å². The number of carboxylic acids is 1. The number of hydrogen-bond acceptors (Lipinski definition) is 3. The first-order chi connectivity index (χ1) is 9.90. The number of anilines is 1. The molecule has 1 aliphatic heterocycles. The van der Waals surface area contributed by atoms with Crippen molar-refractivity contribution in [3.05, 3.63) is 23.8 Å². The van der Waals surface area contributed by atoms with Gasteiger partial charge < -0.3 is 20.4 Å². The quantitative estimate of drug-likeness (QED) is 0.747. The van der Waals surface area contributed by atoms with Crippen LogP contribution in [0.2, 0.25) is 0 Å². The summed E-state index contributed by atoms with van der Waals surface area (Å²) in [5.74, 6) is -0.980. The van der Waals surface area contributed by atoms with E-state index >= 15 is 0 Å². The minimum absolute atomic E-state index is 0.122. The fourth-order valence-electron chi connectivity index (χ4n) is 2.74. The summed E-state index contributed by atoms with van der Waals surface area (Å²) in [5.41, 5.74) is 0.0725. The summed E-state index contributed by atoms with van der Waals surface area (Å²) in [5, 5.41) is 21.1. The van der Waals surface area contributed by atoms with Crippen LogP contribution in [0.5, 0.6) is 5.75 Å². The van der Waals surface area contributed by atoms with Crippen molar-refractivity contribution in [3.8, 4) is 5.75 Å². The van der Waals surface area contributed by atoms with Crippen molar-refractivity contribution in [2.75, 3.05) is 11.9 Å². The molecule has 0 bridgehead atoms. The molecule has 1 aliphatic rings. The number of carboxylic acid groups (broad SMARTS) is 1. The Kier molecular flexibility index (Phi) is 4.35. The Balaban J connectivity index is 2.18. The van der Waals surface area contributed by atoms with Crippen molar-refractivity contribution >= 4 is 17.7 Å². The van der Waals surface area contributed by atoms with Crippen LogP contribution in [0.3, 0.4) is 0 Å². The van der Waals surface area contributed by atoms with Crippen LogP contribution >= 0.6 is 0 Å². The topological polar surface area (TPSA) is 89.9 Å². The van der Waals surface area contributed by atoms with Gasteiger partial charge in [-0.1, -0.05) is 13.8 Å². The van der Waals surface area contributed by atoms with E-state index in [-0.39, 0.29) is 29.1 Å². The summed E-state index contributed by atoms with van der Waals surface area (Å²) < 4.78 is 0. The van der Waals surface area contributed by atoms with E-state index in [2.05, 4.69) is 19.2 Å². The zero-order chi connectivity index (χ0) is 15.6. The molecule has 1 aromatic rings. The van der Waals surface area contributed by atoms with Crippen molar-refractivity contribution in [2.24, 2.45) is 5.92 Å². The third kappa shape index (κ3) is 3.26. The number of hydrogen-bond donors (Lipinski definition) is 3. The van der Waals surface area contributed by atoms with Crippen molar-refractivity contribution in [1.29, 1.82) is 0 Å². The molecule has 1 heterocycles. The Morgan fingerprint density at radius 2 is 2.10 bits per heavy atom. The third-order valence-electron chi connectivity index (χ3n) is 3.80. The minimum Gasteiger partial charge on any atom is -0.508 e. The lowest BCUT2D eigenvalue weighted by Crippen LogP contribution is -2.41. The Morgan fingerprint density at radius 3 is 2.71 bits per heavy atom. The van der Waals surface area contributed by atoms with E-state index in [0.717, 1.165) is 18.9 Å². The molecule has 1 saturated heterocycles. The standard InChI is InChI=1S/C15H20N2O4/c1-9(2)13-4-3-7-17(13)15(21)16-12-6-5-10(18)8-11(12)14(19)20/h5-6,8-9,13,18H,3-4,7H2,1-2H3,(H,16,21)(H,19,20). The highest BCUT2D eigenvalue weighted by atomic mass is 16.4.